The normalized spacial score (nSPS) is 17.9. The molecule has 1 aliphatic heterocycles. The van der Waals surface area contributed by atoms with Crippen molar-refractivity contribution >= 4 is 41.9 Å². The molecule has 1 atom stereocenters. The summed E-state index contributed by atoms with van der Waals surface area (Å²) in [5.74, 6) is -4.93. The van der Waals surface area contributed by atoms with E-state index in [2.05, 4.69) is 0 Å². The second-order valence-corrected chi connectivity index (χ2v) is 8.21. The van der Waals surface area contributed by atoms with Crippen LogP contribution in [0.5, 0.6) is 0 Å². The first-order valence-electron chi connectivity index (χ1n) is 10.5. The number of likely N-dealkylation sites (N-methyl/N-ethyl adjacent to an activating group) is 1. The second-order valence-electron chi connectivity index (χ2n) is 8.21. The van der Waals surface area contributed by atoms with Gasteiger partial charge in [-0.25, -0.2) is 0 Å². The van der Waals surface area contributed by atoms with Gasteiger partial charge in [-0.1, -0.05) is 12.1 Å². The highest BCUT2D eigenvalue weighted by Crippen LogP contribution is 2.31. The van der Waals surface area contributed by atoms with E-state index in [1.165, 1.54) is 0 Å². The minimum Gasteiger partial charge on any atom is -0.481 e. The van der Waals surface area contributed by atoms with Gasteiger partial charge in [-0.2, -0.15) is 0 Å². The number of hydrogen-bond acceptors (Lipinski definition) is 7. The van der Waals surface area contributed by atoms with Crippen molar-refractivity contribution in [3.8, 4) is 0 Å². The summed E-state index contributed by atoms with van der Waals surface area (Å²) in [6.07, 6.45) is -0.312. The fraction of sp³-hybridized carbons (Fsp3) is 0.500. The van der Waals surface area contributed by atoms with Gasteiger partial charge in [-0.15, -0.1) is 12.4 Å². The molecule has 0 spiro atoms. The van der Waals surface area contributed by atoms with E-state index >= 15 is 0 Å². The standard InChI is InChI=1S/C22H30N4O7.ClH/c1-24(2)10-8-15-3-5-16(6-4-15)20(32)26-12-11-25(14-19(30)31)21(33)22(26,17(27)13-23)9-7-18(28)29;/h3-6H,7-14,23H2,1-2H3,(H,28,29)(H,30,31);1H/t22-;/m0./s1. The van der Waals surface area contributed by atoms with Gasteiger partial charge in [0.05, 0.1) is 6.54 Å². The number of nitrogens with zero attached hydrogens (tertiary/aromatic N) is 3. The number of halogens is 1. The number of benzene rings is 1. The number of carboxylic acids is 2. The zero-order valence-corrected chi connectivity index (χ0v) is 20.0. The third-order valence-corrected chi connectivity index (χ3v) is 5.66. The van der Waals surface area contributed by atoms with E-state index in [0.717, 1.165) is 28.3 Å². The molecule has 0 saturated carbocycles. The van der Waals surface area contributed by atoms with Crippen LogP contribution in [0.25, 0.3) is 0 Å². The molecule has 12 heteroatoms. The first-order chi connectivity index (χ1) is 15.5. The van der Waals surface area contributed by atoms with Crippen molar-refractivity contribution in [2.24, 2.45) is 5.73 Å². The van der Waals surface area contributed by atoms with Crippen LogP contribution in [0.1, 0.15) is 28.8 Å². The number of carbonyl (C=O) groups is 5. The van der Waals surface area contributed by atoms with Crippen LogP contribution in [0.3, 0.4) is 0 Å². The summed E-state index contributed by atoms with van der Waals surface area (Å²) in [4.78, 5) is 66.3. The summed E-state index contributed by atoms with van der Waals surface area (Å²) < 4.78 is 0. The molecule has 1 heterocycles. The summed E-state index contributed by atoms with van der Waals surface area (Å²) in [5, 5.41) is 18.3. The van der Waals surface area contributed by atoms with Gasteiger partial charge < -0.3 is 30.6 Å². The summed E-state index contributed by atoms with van der Waals surface area (Å²) in [6, 6.07) is 6.75. The largest absolute Gasteiger partial charge is 0.481 e. The first-order valence-corrected chi connectivity index (χ1v) is 10.5. The Bertz CT molecular complexity index is 922. The van der Waals surface area contributed by atoms with Crippen LogP contribution in [-0.4, -0.2) is 107 Å². The fourth-order valence-corrected chi connectivity index (χ4v) is 3.91. The van der Waals surface area contributed by atoms with Gasteiger partial charge in [-0.3, -0.25) is 24.0 Å². The molecule has 4 N–H and O–H groups in total. The average molecular weight is 499 g/mol. The zero-order valence-electron chi connectivity index (χ0n) is 19.2. The monoisotopic (exact) mass is 498 g/mol. The molecule has 1 aliphatic rings. The van der Waals surface area contributed by atoms with E-state index in [0.29, 0.717) is 0 Å². The smallest absolute Gasteiger partial charge is 0.323 e. The Morgan fingerprint density at radius 2 is 1.68 bits per heavy atom. The molecule has 1 aromatic rings. The Kier molecular flexibility index (Phi) is 10.6. The topological polar surface area (TPSA) is 162 Å². The van der Waals surface area contributed by atoms with Gasteiger partial charge in [0.15, 0.2) is 11.3 Å². The van der Waals surface area contributed by atoms with Crippen LogP contribution >= 0.6 is 12.4 Å². The van der Waals surface area contributed by atoms with E-state index in [4.69, 9.17) is 10.8 Å². The number of hydrogen-bond donors (Lipinski definition) is 3. The van der Waals surface area contributed by atoms with Crippen molar-refractivity contribution in [1.29, 1.82) is 0 Å². The predicted octanol–water partition coefficient (Wildman–Crippen LogP) is -0.287. The molecule has 1 aromatic carbocycles. The van der Waals surface area contributed by atoms with Gasteiger partial charge in [0.25, 0.3) is 11.8 Å². The maximum Gasteiger partial charge on any atom is 0.323 e. The van der Waals surface area contributed by atoms with Crippen molar-refractivity contribution in [2.45, 2.75) is 24.8 Å². The average Bonchev–Trinajstić information content (AvgIpc) is 2.77. The first kappa shape index (κ1) is 29.0. The Morgan fingerprint density at radius 1 is 1.06 bits per heavy atom. The van der Waals surface area contributed by atoms with Crippen LogP contribution in [0, 0.1) is 0 Å². The minimum atomic E-state index is -2.18. The molecule has 2 rings (SSSR count). The van der Waals surface area contributed by atoms with E-state index in [-0.39, 0.29) is 31.1 Å². The minimum absolute atomic E-state index is 0. The number of aliphatic carboxylic acids is 2. The van der Waals surface area contributed by atoms with E-state index in [9.17, 15) is 29.1 Å². The Balaban J connectivity index is 0.00000578. The van der Waals surface area contributed by atoms with Crippen LogP contribution < -0.4 is 5.73 Å². The summed E-state index contributed by atoms with van der Waals surface area (Å²) >= 11 is 0. The van der Waals surface area contributed by atoms with Crippen molar-refractivity contribution in [3.05, 3.63) is 35.4 Å². The van der Waals surface area contributed by atoms with E-state index in [1.807, 2.05) is 19.0 Å². The van der Waals surface area contributed by atoms with Crippen LogP contribution in [-0.2, 0) is 25.6 Å². The van der Waals surface area contributed by atoms with Crippen LogP contribution in [0.15, 0.2) is 24.3 Å². The predicted molar refractivity (Wildman–Crippen MR) is 125 cm³/mol. The highest BCUT2D eigenvalue weighted by Gasteiger charge is 2.56. The van der Waals surface area contributed by atoms with Crippen molar-refractivity contribution in [1.82, 2.24) is 14.7 Å². The third-order valence-electron chi connectivity index (χ3n) is 5.66. The number of ketones is 1. The van der Waals surface area contributed by atoms with Gasteiger partial charge in [0.1, 0.15) is 6.54 Å². The quantitative estimate of drug-likeness (QED) is 0.348. The molecule has 0 bridgehead atoms. The molecular formula is C22H31ClN4O7. The lowest BCUT2D eigenvalue weighted by atomic mass is 9.82. The van der Waals surface area contributed by atoms with Crippen LogP contribution in [0.4, 0.5) is 0 Å². The molecule has 1 saturated heterocycles. The number of carboxylic acid groups (broad SMARTS) is 2. The Labute approximate surface area is 203 Å². The van der Waals surface area contributed by atoms with E-state index in [1.54, 1.807) is 24.3 Å². The highest BCUT2D eigenvalue weighted by atomic mass is 35.5. The summed E-state index contributed by atoms with van der Waals surface area (Å²) in [5.41, 5.74) is 4.60. The number of nitrogens with two attached hydrogens (primary N) is 1. The molecule has 0 aliphatic carbocycles. The maximum atomic E-state index is 13.4. The summed E-state index contributed by atoms with van der Waals surface area (Å²) in [7, 11) is 3.90. The molecule has 2 amide bonds. The lowest BCUT2D eigenvalue weighted by Gasteiger charge is -2.48. The lowest BCUT2D eigenvalue weighted by molar-refractivity contribution is -0.161. The molecule has 34 heavy (non-hydrogen) atoms. The molecular weight excluding hydrogens is 468 g/mol. The number of amides is 2. The summed E-state index contributed by atoms with van der Waals surface area (Å²) in [6.45, 7) is -0.708. The number of rotatable bonds is 11. The number of carbonyl (C=O) groups excluding carboxylic acids is 3. The molecule has 0 unspecified atom stereocenters. The second kappa shape index (κ2) is 12.4. The fourth-order valence-electron chi connectivity index (χ4n) is 3.91. The van der Waals surface area contributed by atoms with Crippen molar-refractivity contribution in [3.63, 3.8) is 0 Å². The van der Waals surface area contributed by atoms with E-state index < -0.39 is 61.0 Å². The molecule has 1 fully saturated rings. The maximum absolute atomic E-state index is 13.4. The lowest BCUT2D eigenvalue weighted by Crippen LogP contribution is -2.72. The van der Waals surface area contributed by atoms with Gasteiger partial charge in [-0.05, 0) is 44.6 Å². The molecule has 11 nitrogen and oxygen atoms in total. The molecule has 0 radical (unpaired) electrons. The Morgan fingerprint density at radius 3 is 2.18 bits per heavy atom. The van der Waals surface area contributed by atoms with Gasteiger partial charge >= 0.3 is 11.9 Å². The van der Waals surface area contributed by atoms with Gasteiger partial charge in [0.2, 0.25) is 0 Å². The molecule has 188 valence electrons. The van der Waals surface area contributed by atoms with Crippen molar-refractivity contribution < 1.29 is 34.2 Å². The highest BCUT2D eigenvalue weighted by molar-refractivity contribution is 6.16. The third kappa shape index (κ3) is 6.52. The molecule has 0 aromatic heterocycles. The SMILES string of the molecule is CN(C)CCc1ccc(C(=O)N2CCN(CC(=O)O)C(=O)[C@]2(CCC(=O)O)C(=O)CN)cc1.Cl. The Hall–Kier alpha value is -3.02. The van der Waals surface area contributed by atoms with Gasteiger partial charge in [0, 0.05) is 31.6 Å². The number of Topliss-reactive ketones (excluding diaryl/α,β-unsaturated/α-hetero) is 1. The van der Waals surface area contributed by atoms with Crippen LogP contribution in [0.2, 0.25) is 0 Å². The zero-order chi connectivity index (χ0) is 24.8. The van der Waals surface area contributed by atoms with Crippen molar-refractivity contribution in [2.75, 3.05) is 46.8 Å². The number of piperazine rings is 1.